The lowest BCUT2D eigenvalue weighted by Crippen LogP contribution is -2.39. The average molecular weight is 174 g/mol. The standard InChI is InChI=1S/C11H14N2/c1-8-12-10-4-2-3-5-11(10)13(8)9-6-7-9/h2-5,9-11H,6-7H2,1H3. The van der Waals surface area contributed by atoms with Crippen molar-refractivity contribution >= 4 is 5.84 Å². The molecular formula is C11H14N2. The molecule has 2 unspecified atom stereocenters. The first kappa shape index (κ1) is 7.36. The van der Waals surface area contributed by atoms with Crippen molar-refractivity contribution in [2.24, 2.45) is 4.99 Å². The second-order valence-electron chi connectivity index (χ2n) is 4.07. The monoisotopic (exact) mass is 174 g/mol. The molecule has 1 heterocycles. The molecule has 0 aromatic heterocycles. The van der Waals surface area contributed by atoms with Gasteiger partial charge < -0.3 is 4.90 Å². The lowest BCUT2D eigenvalue weighted by molar-refractivity contribution is 0.359. The van der Waals surface area contributed by atoms with Crippen molar-refractivity contribution < 1.29 is 0 Å². The average Bonchev–Trinajstić information content (AvgIpc) is 2.88. The Morgan fingerprint density at radius 2 is 2.08 bits per heavy atom. The minimum atomic E-state index is 0.394. The van der Waals surface area contributed by atoms with Crippen molar-refractivity contribution in [3.63, 3.8) is 0 Å². The number of hydrogen-bond acceptors (Lipinski definition) is 2. The largest absolute Gasteiger partial charge is 0.349 e. The third kappa shape index (κ3) is 1.05. The molecule has 2 nitrogen and oxygen atoms in total. The van der Waals surface area contributed by atoms with Gasteiger partial charge in [-0.05, 0) is 19.8 Å². The zero-order valence-corrected chi connectivity index (χ0v) is 7.85. The summed E-state index contributed by atoms with van der Waals surface area (Å²) in [5.41, 5.74) is 0. The molecule has 2 atom stereocenters. The van der Waals surface area contributed by atoms with Crippen LogP contribution in [0.1, 0.15) is 19.8 Å². The predicted octanol–water partition coefficient (Wildman–Crippen LogP) is 1.75. The van der Waals surface area contributed by atoms with Crippen LogP contribution in [0.5, 0.6) is 0 Å². The normalized spacial score (nSPS) is 36.4. The van der Waals surface area contributed by atoms with Gasteiger partial charge in [-0.1, -0.05) is 24.3 Å². The minimum Gasteiger partial charge on any atom is -0.349 e. The molecule has 0 spiro atoms. The maximum Gasteiger partial charge on any atom is 0.0974 e. The molecule has 0 radical (unpaired) electrons. The highest BCUT2D eigenvalue weighted by atomic mass is 15.3. The number of nitrogens with zero attached hydrogens (tertiary/aromatic N) is 2. The molecule has 0 saturated heterocycles. The Labute approximate surface area is 78.6 Å². The Morgan fingerprint density at radius 3 is 2.85 bits per heavy atom. The van der Waals surface area contributed by atoms with E-state index in [1.54, 1.807) is 0 Å². The van der Waals surface area contributed by atoms with Crippen LogP contribution in [0.15, 0.2) is 29.3 Å². The molecule has 0 N–H and O–H groups in total. The molecule has 13 heavy (non-hydrogen) atoms. The number of hydrogen-bond donors (Lipinski definition) is 0. The van der Waals surface area contributed by atoms with Crippen LogP contribution >= 0.6 is 0 Å². The molecule has 0 aromatic rings. The topological polar surface area (TPSA) is 15.6 Å². The van der Waals surface area contributed by atoms with Crippen molar-refractivity contribution in [3.8, 4) is 0 Å². The zero-order chi connectivity index (χ0) is 8.84. The molecular weight excluding hydrogens is 160 g/mol. The quantitative estimate of drug-likeness (QED) is 0.591. The van der Waals surface area contributed by atoms with E-state index < -0.39 is 0 Å². The van der Waals surface area contributed by atoms with E-state index in [1.807, 2.05) is 0 Å². The van der Waals surface area contributed by atoms with Gasteiger partial charge in [0, 0.05) is 6.04 Å². The van der Waals surface area contributed by atoms with E-state index in [4.69, 9.17) is 0 Å². The van der Waals surface area contributed by atoms with Crippen molar-refractivity contribution in [2.75, 3.05) is 0 Å². The molecule has 2 aliphatic carbocycles. The Kier molecular flexibility index (Phi) is 1.40. The molecule has 1 aliphatic heterocycles. The third-order valence-corrected chi connectivity index (χ3v) is 3.05. The molecule has 3 rings (SSSR count). The summed E-state index contributed by atoms with van der Waals surface area (Å²) in [7, 11) is 0. The molecule has 3 aliphatic rings. The molecule has 0 aromatic carbocycles. The Morgan fingerprint density at radius 1 is 1.31 bits per heavy atom. The lowest BCUT2D eigenvalue weighted by Gasteiger charge is -2.27. The molecule has 0 bridgehead atoms. The number of allylic oxidation sites excluding steroid dienone is 2. The summed E-state index contributed by atoms with van der Waals surface area (Å²) in [6.45, 7) is 2.14. The fourth-order valence-electron chi connectivity index (χ4n) is 2.32. The van der Waals surface area contributed by atoms with E-state index in [0.29, 0.717) is 12.1 Å². The predicted molar refractivity (Wildman–Crippen MR) is 53.8 cm³/mol. The first-order valence-corrected chi connectivity index (χ1v) is 5.04. The molecule has 1 saturated carbocycles. The Hall–Kier alpha value is -1.05. The fraction of sp³-hybridized carbons (Fsp3) is 0.545. The van der Waals surface area contributed by atoms with E-state index in [0.717, 1.165) is 6.04 Å². The van der Waals surface area contributed by atoms with E-state index in [1.165, 1.54) is 18.7 Å². The summed E-state index contributed by atoms with van der Waals surface area (Å²) in [6.07, 6.45) is 11.4. The summed E-state index contributed by atoms with van der Waals surface area (Å²) in [5, 5.41) is 0. The van der Waals surface area contributed by atoms with Crippen LogP contribution in [0, 0.1) is 0 Å². The zero-order valence-electron chi connectivity index (χ0n) is 7.85. The number of amidine groups is 1. The highest BCUT2D eigenvalue weighted by molar-refractivity contribution is 5.83. The SMILES string of the molecule is CC1=NC2C=CC=CC2N1C1CC1. The number of aliphatic imine (C=N–C) groups is 1. The lowest BCUT2D eigenvalue weighted by atomic mass is 10.0. The molecule has 68 valence electrons. The van der Waals surface area contributed by atoms with Crippen LogP contribution in [0.25, 0.3) is 0 Å². The van der Waals surface area contributed by atoms with E-state index in [-0.39, 0.29) is 0 Å². The van der Waals surface area contributed by atoms with Crippen LogP contribution < -0.4 is 0 Å². The summed E-state index contributed by atoms with van der Waals surface area (Å²) in [4.78, 5) is 7.15. The number of rotatable bonds is 1. The van der Waals surface area contributed by atoms with Gasteiger partial charge in [0.25, 0.3) is 0 Å². The van der Waals surface area contributed by atoms with Crippen LogP contribution in [0.4, 0.5) is 0 Å². The van der Waals surface area contributed by atoms with E-state index in [2.05, 4.69) is 41.1 Å². The summed E-state index contributed by atoms with van der Waals surface area (Å²) >= 11 is 0. The van der Waals surface area contributed by atoms with Gasteiger partial charge in [-0.2, -0.15) is 0 Å². The summed E-state index contributed by atoms with van der Waals surface area (Å²) in [6, 6.07) is 1.71. The van der Waals surface area contributed by atoms with Crippen LogP contribution in [-0.2, 0) is 0 Å². The second kappa shape index (κ2) is 2.47. The second-order valence-corrected chi connectivity index (χ2v) is 4.07. The highest BCUT2D eigenvalue weighted by Crippen LogP contribution is 2.35. The van der Waals surface area contributed by atoms with Crippen LogP contribution in [0.3, 0.4) is 0 Å². The van der Waals surface area contributed by atoms with Gasteiger partial charge in [0.05, 0.1) is 17.9 Å². The van der Waals surface area contributed by atoms with Crippen LogP contribution in [0.2, 0.25) is 0 Å². The Bertz CT molecular complexity index is 310. The van der Waals surface area contributed by atoms with Gasteiger partial charge in [-0.3, -0.25) is 4.99 Å². The smallest absolute Gasteiger partial charge is 0.0974 e. The van der Waals surface area contributed by atoms with Crippen molar-refractivity contribution in [1.82, 2.24) is 4.90 Å². The Balaban J connectivity index is 1.92. The third-order valence-electron chi connectivity index (χ3n) is 3.05. The first-order valence-electron chi connectivity index (χ1n) is 5.04. The molecule has 1 fully saturated rings. The van der Waals surface area contributed by atoms with Gasteiger partial charge in [-0.15, -0.1) is 0 Å². The molecule has 0 amide bonds. The highest BCUT2D eigenvalue weighted by Gasteiger charge is 2.40. The van der Waals surface area contributed by atoms with E-state index >= 15 is 0 Å². The summed E-state index contributed by atoms with van der Waals surface area (Å²) in [5.74, 6) is 1.23. The minimum absolute atomic E-state index is 0.394. The van der Waals surface area contributed by atoms with E-state index in [9.17, 15) is 0 Å². The van der Waals surface area contributed by atoms with Crippen molar-refractivity contribution in [1.29, 1.82) is 0 Å². The van der Waals surface area contributed by atoms with Gasteiger partial charge in [0.2, 0.25) is 0 Å². The van der Waals surface area contributed by atoms with Crippen molar-refractivity contribution in [3.05, 3.63) is 24.3 Å². The first-order chi connectivity index (χ1) is 6.36. The molecule has 2 heteroatoms. The maximum atomic E-state index is 4.66. The van der Waals surface area contributed by atoms with Gasteiger partial charge in [0.1, 0.15) is 0 Å². The fourth-order valence-corrected chi connectivity index (χ4v) is 2.32. The van der Waals surface area contributed by atoms with Gasteiger partial charge in [0.15, 0.2) is 0 Å². The number of fused-ring (bicyclic) bond motifs is 1. The van der Waals surface area contributed by atoms with Gasteiger partial charge in [-0.25, -0.2) is 0 Å². The van der Waals surface area contributed by atoms with Gasteiger partial charge >= 0.3 is 0 Å². The van der Waals surface area contributed by atoms with Crippen LogP contribution in [-0.4, -0.2) is 28.9 Å². The summed E-state index contributed by atoms with van der Waals surface area (Å²) < 4.78 is 0. The van der Waals surface area contributed by atoms with Crippen molar-refractivity contribution in [2.45, 2.75) is 37.9 Å². The maximum absolute atomic E-state index is 4.66.